The number of piperidine rings is 1. The van der Waals surface area contributed by atoms with Crippen LogP contribution in [0.3, 0.4) is 0 Å². The maximum absolute atomic E-state index is 14.2. The van der Waals surface area contributed by atoms with Crippen LogP contribution in [0.15, 0.2) is 64.4 Å². The van der Waals surface area contributed by atoms with Crippen LogP contribution in [0.25, 0.3) is 10.8 Å². The van der Waals surface area contributed by atoms with Gasteiger partial charge in [-0.2, -0.15) is 4.31 Å². The number of piperazine rings is 1. The number of likely N-dealkylation sites (tertiary alicyclic amines) is 1. The summed E-state index contributed by atoms with van der Waals surface area (Å²) in [6.45, 7) is 4.25. The second-order valence-corrected chi connectivity index (χ2v) is 11.8. The fourth-order valence-corrected chi connectivity index (χ4v) is 6.79. The number of benzene rings is 2. The maximum atomic E-state index is 14.2. The van der Waals surface area contributed by atoms with Crippen LogP contribution in [0.2, 0.25) is 0 Å². The number of hydrogen-bond acceptors (Lipinski definition) is 5. The summed E-state index contributed by atoms with van der Waals surface area (Å²) in [5.41, 5.74) is 0.0572. The highest BCUT2D eigenvalue weighted by atomic mass is 32.2. The molecule has 1 amide bonds. The van der Waals surface area contributed by atoms with Gasteiger partial charge in [-0.1, -0.05) is 37.3 Å². The highest BCUT2D eigenvalue weighted by Gasteiger charge is 2.32. The van der Waals surface area contributed by atoms with Crippen molar-refractivity contribution < 1.29 is 17.6 Å². The number of anilines is 1. The van der Waals surface area contributed by atoms with Gasteiger partial charge in [-0.05, 0) is 37.0 Å². The van der Waals surface area contributed by atoms with Gasteiger partial charge in [-0.15, -0.1) is 0 Å². The number of fused-ring (bicyclic) bond motifs is 1. The Morgan fingerprint density at radius 2 is 1.54 bits per heavy atom. The number of rotatable bonds is 5. The van der Waals surface area contributed by atoms with E-state index in [2.05, 4.69) is 6.92 Å². The van der Waals surface area contributed by atoms with Gasteiger partial charge in [-0.25, -0.2) is 12.8 Å². The molecule has 2 saturated heterocycles. The lowest BCUT2D eigenvalue weighted by atomic mass is 9.99. The Bertz CT molecular complexity index is 1470. The van der Waals surface area contributed by atoms with E-state index in [1.807, 2.05) is 4.90 Å². The number of sulfonamides is 1. The van der Waals surface area contributed by atoms with Crippen LogP contribution in [0, 0.1) is 11.7 Å². The van der Waals surface area contributed by atoms with E-state index in [1.165, 1.54) is 21.1 Å². The average molecular weight is 527 g/mol. The number of carbonyl (C=O) groups is 1. The van der Waals surface area contributed by atoms with Gasteiger partial charge in [0.1, 0.15) is 17.3 Å². The molecule has 1 aromatic heterocycles. The molecule has 0 saturated carbocycles. The summed E-state index contributed by atoms with van der Waals surface area (Å²) in [5.74, 6) is 0.0267. The van der Waals surface area contributed by atoms with Crippen LogP contribution in [-0.2, 0) is 21.4 Å². The number of pyridine rings is 1. The topological polar surface area (TPSA) is 82.9 Å². The summed E-state index contributed by atoms with van der Waals surface area (Å²) in [4.78, 5) is 29.8. The summed E-state index contributed by atoms with van der Waals surface area (Å²) < 4.78 is 44.5. The molecule has 2 aliphatic rings. The third-order valence-corrected chi connectivity index (χ3v) is 9.37. The van der Waals surface area contributed by atoms with Crippen LogP contribution in [0.1, 0.15) is 19.8 Å². The number of hydrogen-bond donors (Lipinski definition) is 0. The molecule has 3 aromatic rings. The molecule has 0 N–H and O–H groups in total. The van der Waals surface area contributed by atoms with Crippen molar-refractivity contribution >= 4 is 32.4 Å². The van der Waals surface area contributed by atoms with Crippen molar-refractivity contribution in [3.05, 3.63) is 70.9 Å². The van der Waals surface area contributed by atoms with Crippen molar-refractivity contribution in [2.75, 3.05) is 44.2 Å². The molecule has 8 nitrogen and oxygen atoms in total. The lowest BCUT2D eigenvalue weighted by molar-refractivity contribution is -0.133. The van der Waals surface area contributed by atoms with Crippen molar-refractivity contribution in [3.8, 4) is 0 Å². The molecule has 37 heavy (non-hydrogen) atoms. The lowest BCUT2D eigenvalue weighted by Gasteiger charge is -2.35. The van der Waals surface area contributed by atoms with Crippen LogP contribution in [0.4, 0.5) is 10.1 Å². The summed E-state index contributed by atoms with van der Waals surface area (Å²) in [7, 11) is -3.98. The van der Waals surface area contributed by atoms with Gasteiger partial charge in [0.25, 0.3) is 5.56 Å². The van der Waals surface area contributed by atoms with E-state index in [-0.39, 0.29) is 41.6 Å². The Kier molecular flexibility index (Phi) is 7.04. The molecule has 0 atom stereocenters. The van der Waals surface area contributed by atoms with Crippen molar-refractivity contribution in [2.45, 2.75) is 31.2 Å². The largest absolute Gasteiger partial charge is 0.367 e. The number of carbonyl (C=O) groups excluding carboxylic acids is 1. The lowest BCUT2D eigenvalue weighted by Crippen LogP contribution is -2.49. The Labute approximate surface area is 215 Å². The van der Waals surface area contributed by atoms with Crippen LogP contribution in [0.5, 0.6) is 0 Å². The molecule has 0 unspecified atom stereocenters. The van der Waals surface area contributed by atoms with Crippen LogP contribution in [-0.4, -0.2) is 67.4 Å². The fraction of sp³-hybridized carbons (Fsp3) is 0.407. The molecule has 0 aliphatic carbocycles. The van der Waals surface area contributed by atoms with E-state index < -0.39 is 15.6 Å². The molecule has 0 bridgehead atoms. The van der Waals surface area contributed by atoms with E-state index in [0.29, 0.717) is 43.2 Å². The molecular weight excluding hydrogens is 495 g/mol. The quantitative estimate of drug-likeness (QED) is 0.511. The number of aromatic nitrogens is 1. The van der Waals surface area contributed by atoms with Crippen LogP contribution >= 0.6 is 0 Å². The first-order chi connectivity index (χ1) is 17.8. The van der Waals surface area contributed by atoms with E-state index in [1.54, 1.807) is 47.4 Å². The number of halogens is 1. The standard InChI is InChI=1S/C27H31FN4O4S/c1-20-10-12-30(13-11-20)26(33)19-31-18-25(21-6-2-3-7-22(21)27(31)34)37(35,36)32-16-14-29(15-17-32)24-9-5-4-8-23(24)28/h2-9,18,20H,10-17,19H2,1H3. The summed E-state index contributed by atoms with van der Waals surface area (Å²) in [6, 6.07) is 13.0. The molecule has 0 radical (unpaired) electrons. The minimum Gasteiger partial charge on any atom is -0.367 e. The van der Waals surface area contributed by atoms with Gasteiger partial charge < -0.3 is 14.4 Å². The molecule has 2 aliphatic heterocycles. The Morgan fingerprint density at radius 3 is 2.22 bits per heavy atom. The number of para-hydroxylation sites is 1. The first-order valence-corrected chi connectivity index (χ1v) is 14.1. The van der Waals surface area contributed by atoms with Gasteiger partial charge in [0.15, 0.2) is 0 Å². The number of amides is 1. The molecule has 10 heteroatoms. The van der Waals surface area contributed by atoms with Crippen LogP contribution < -0.4 is 10.5 Å². The predicted molar refractivity (Wildman–Crippen MR) is 141 cm³/mol. The summed E-state index contributed by atoms with van der Waals surface area (Å²) >= 11 is 0. The Balaban J connectivity index is 1.43. The first-order valence-electron chi connectivity index (χ1n) is 12.7. The molecule has 3 heterocycles. The zero-order valence-electron chi connectivity index (χ0n) is 20.8. The van der Waals surface area contributed by atoms with Crippen molar-refractivity contribution in [1.29, 1.82) is 0 Å². The molecule has 2 aromatic carbocycles. The average Bonchev–Trinajstić information content (AvgIpc) is 2.91. The monoisotopic (exact) mass is 526 g/mol. The maximum Gasteiger partial charge on any atom is 0.258 e. The summed E-state index contributed by atoms with van der Waals surface area (Å²) in [6.07, 6.45) is 3.14. The molecule has 2 fully saturated rings. The highest BCUT2D eigenvalue weighted by Crippen LogP contribution is 2.27. The normalized spacial score (nSPS) is 17.9. The second-order valence-electron chi connectivity index (χ2n) is 9.88. The first kappa shape index (κ1) is 25.4. The third kappa shape index (κ3) is 5.00. The van der Waals surface area contributed by atoms with E-state index in [0.717, 1.165) is 12.8 Å². The van der Waals surface area contributed by atoms with E-state index >= 15 is 0 Å². The second kappa shape index (κ2) is 10.3. The minimum absolute atomic E-state index is 0.00195. The third-order valence-electron chi connectivity index (χ3n) is 7.45. The minimum atomic E-state index is -3.98. The SMILES string of the molecule is CC1CCN(C(=O)Cn2cc(S(=O)(=O)N3CCN(c4ccccc4F)CC3)c3ccccc3c2=O)CC1. The molecular formula is C27H31FN4O4S. The van der Waals surface area contributed by atoms with Gasteiger partial charge >= 0.3 is 0 Å². The Hall–Kier alpha value is -3.24. The molecule has 0 spiro atoms. The van der Waals surface area contributed by atoms with E-state index in [4.69, 9.17) is 0 Å². The van der Waals surface area contributed by atoms with Gasteiger partial charge in [0, 0.05) is 56.2 Å². The smallest absolute Gasteiger partial charge is 0.258 e. The van der Waals surface area contributed by atoms with Crippen molar-refractivity contribution in [1.82, 2.24) is 13.8 Å². The Morgan fingerprint density at radius 1 is 0.919 bits per heavy atom. The summed E-state index contributed by atoms with van der Waals surface area (Å²) in [5, 5.41) is 0.591. The molecule has 5 rings (SSSR count). The molecule has 196 valence electrons. The fourth-order valence-electron chi connectivity index (χ4n) is 5.15. The van der Waals surface area contributed by atoms with Gasteiger partial charge in [0.2, 0.25) is 15.9 Å². The highest BCUT2D eigenvalue weighted by molar-refractivity contribution is 7.89. The van der Waals surface area contributed by atoms with Gasteiger partial charge in [0.05, 0.1) is 5.69 Å². The van der Waals surface area contributed by atoms with E-state index in [9.17, 15) is 22.4 Å². The number of nitrogens with zero attached hydrogens (tertiary/aromatic N) is 4. The zero-order valence-corrected chi connectivity index (χ0v) is 21.7. The van der Waals surface area contributed by atoms with Crippen molar-refractivity contribution in [2.24, 2.45) is 5.92 Å². The predicted octanol–water partition coefficient (Wildman–Crippen LogP) is 2.91. The van der Waals surface area contributed by atoms with Gasteiger partial charge in [-0.3, -0.25) is 9.59 Å². The van der Waals surface area contributed by atoms with Crippen molar-refractivity contribution in [3.63, 3.8) is 0 Å². The zero-order chi connectivity index (χ0) is 26.2.